The molecule has 12 rings (SSSR count). The lowest BCUT2D eigenvalue weighted by Crippen LogP contribution is -2.72. The van der Waals surface area contributed by atoms with Gasteiger partial charge >= 0.3 is 5.97 Å². The van der Waals surface area contributed by atoms with E-state index in [0.29, 0.717) is 32.1 Å². The molecule has 4 saturated carbocycles. The van der Waals surface area contributed by atoms with E-state index in [1.54, 1.807) is 6.92 Å². The molecule has 7 aliphatic heterocycles. The first-order chi connectivity index (χ1) is 49.2. The highest BCUT2D eigenvalue weighted by atomic mass is 16.8. The molecular weight excluding hydrogens is 1400 g/mol. The first kappa shape index (κ1) is 82.3. The van der Waals surface area contributed by atoms with E-state index < -0.39 is 299 Å². The Morgan fingerprint density at radius 2 is 1.05 bits per heavy atom. The lowest BCUT2D eigenvalue weighted by atomic mass is 9.33. The maximum atomic E-state index is 15.7. The van der Waals surface area contributed by atoms with Gasteiger partial charge in [-0.05, 0) is 98.7 Å². The zero-order valence-corrected chi connectivity index (χ0v) is 60.0. The molecule has 36 heteroatoms. The summed E-state index contributed by atoms with van der Waals surface area (Å²) >= 11 is 0. The standard InChI is InChI=1S/C69H112O36/c1-25-36(77)41(82)44(85)56(96-25)100-47-34(19-71)99-60(51(45(47)86)102-55-43(84)38(79)31(75)20-92-55)101-48-37(78)26(2)97-57(46(48)87)103-49-39(80)32(76)21-93-58(49)105-62(90)68-13-11-63(3,4)15-28(68)27-9-10-35-64(5)16-30(74)53(88)65(6,52(64)29(73)17-67(35,8)66(27,7)12-14-68)23-94-59-50(42(83)40(81)33(18-70)98-59)104-61-54(89)69(91,22-72)24-95-61/h9,25-26,28-61,70-89,91H,10-24H2,1-8H3/t25-,26-,28+,29+,30-,31+,32-,33+,34+,35+,36-,37-,38-,39-,40+,41+,42-,43+,44+,45-,46+,47+,48+,49+,50+,51+,52+,53-,54-,55-,56-,57-,58-,59+,60-,61-,64+,65-,66+,67+,68-,69+/m0/s1. The third-order valence-electron chi connectivity index (χ3n) is 26.6. The fourth-order valence-electron chi connectivity index (χ4n) is 20.2. The van der Waals surface area contributed by atoms with Crippen LogP contribution in [0, 0.1) is 50.2 Å². The van der Waals surface area contributed by atoms with Crippen molar-refractivity contribution in [2.45, 2.75) is 315 Å². The summed E-state index contributed by atoms with van der Waals surface area (Å²) in [6.07, 6.45) is -52.7. The van der Waals surface area contributed by atoms with Crippen LogP contribution in [0.2, 0.25) is 0 Å². The van der Waals surface area contributed by atoms with Gasteiger partial charge in [-0.1, -0.05) is 53.2 Å². The average molecular weight is 1520 g/mol. The summed E-state index contributed by atoms with van der Waals surface area (Å²) in [5, 5.41) is 235. The molecule has 42 atom stereocenters. The van der Waals surface area contributed by atoms with Crippen LogP contribution < -0.4 is 0 Å². The average Bonchev–Trinajstić information content (AvgIpc) is 0.863. The van der Waals surface area contributed by atoms with Crippen molar-refractivity contribution in [3.63, 3.8) is 0 Å². The van der Waals surface area contributed by atoms with E-state index in [2.05, 4.69) is 33.8 Å². The zero-order valence-electron chi connectivity index (χ0n) is 60.0. The van der Waals surface area contributed by atoms with Crippen molar-refractivity contribution in [3.8, 4) is 0 Å². The van der Waals surface area contributed by atoms with E-state index >= 15 is 4.79 Å². The molecule has 0 radical (unpaired) electrons. The summed E-state index contributed by atoms with van der Waals surface area (Å²) in [7, 11) is 0. The number of aliphatic hydroxyl groups excluding tert-OH is 20. The molecule has 11 fully saturated rings. The van der Waals surface area contributed by atoms with Crippen molar-refractivity contribution in [2.75, 3.05) is 46.2 Å². The maximum Gasteiger partial charge on any atom is 0.315 e. The second-order valence-electron chi connectivity index (χ2n) is 33.7. The minimum Gasteiger partial charge on any atom is -0.432 e. The summed E-state index contributed by atoms with van der Waals surface area (Å²) in [5.74, 6) is -2.36. The largest absolute Gasteiger partial charge is 0.432 e. The number of esters is 1. The highest BCUT2D eigenvalue weighted by Crippen LogP contribution is 2.76. The Bertz CT molecular complexity index is 3010. The van der Waals surface area contributed by atoms with Crippen LogP contribution in [0.25, 0.3) is 0 Å². The van der Waals surface area contributed by atoms with E-state index in [-0.39, 0.29) is 30.6 Å². The van der Waals surface area contributed by atoms with E-state index in [4.69, 9.17) is 66.3 Å². The summed E-state index contributed by atoms with van der Waals surface area (Å²) in [4.78, 5) is 15.7. The van der Waals surface area contributed by atoms with E-state index in [9.17, 15) is 107 Å². The zero-order chi connectivity index (χ0) is 76.7. The van der Waals surface area contributed by atoms with E-state index in [1.165, 1.54) is 13.8 Å². The second kappa shape index (κ2) is 30.6. The van der Waals surface area contributed by atoms with Gasteiger partial charge in [-0.25, -0.2) is 0 Å². The lowest BCUT2D eigenvalue weighted by Gasteiger charge is -2.72. The Hall–Kier alpha value is -2.15. The van der Waals surface area contributed by atoms with Gasteiger partial charge in [-0.2, -0.15) is 0 Å². The minimum absolute atomic E-state index is 0.0367. The Balaban J connectivity index is 0.781. The number of carbonyl (C=O) groups excluding carboxylic acids is 1. The molecule has 36 nitrogen and oxygen atoms in total. The lowest BCUT2D eigenvalue weighted by molar-refractivity contribution is -0.401. The summed E-state index contributed by atoms with van der Waals surface area (Å²) in [6.45, 7) is 9.94. The molecule has 0 unspecified atom stereocenters. The number of hydrogen-bond acceptors (Lipinski definition) is 36. The summed E-state index contributed by atoms with van der Waals surface area (Å²) < 4.78 is 83.8. The number of aliphatic hydroxyl groups is 21. The Labute approximate surface area is 605 Å². The number of rotatable bonds is 18. The van der Waals surface area contributed by atoms with Gasteiger partial charge in [-0.3, -0.25) is 4.79 Å². The molecule has 7 heterocycles. The van der Waals surface area contributed by atoms with Gasteiger partial charge in [0.1, 0.15) is 128 Å². The van der Waals surface area contributed by atoms with E-state index in [1.807, 2.05) is 6.92 Å². The molecule has 0 spiro atoms. The molecule has 0 bridgehead atoms. The molecule has 12 aliphatic rings. The Morgan fingerprint density at radius 3 is 1.70 bits per heavy atom. The molecule has 5 aliphatic carbocycles. The van der Waals surface area contributed by atoms with Crippen LogP contribution >= 0.6 is 0 Å². The van der Waals surface area contributed by atoms with Crippen molar-refractivity contribution in [1.29, 1.82) is 0 Å². The van der Waals surface area contributed by atoms with Gasteiger partial charge in [0.15, 0.2) is 43.8 Å². The highest BCUT2D eigenvalue weighted by molar-refractivity contribution is 5.79. The molecular formula is C69H112O36. The Morgan fingerprint density at radius 1 is 0.486 bits per heavy atom. The van der Waals surface area contributed by atoms with Crippen molar-refractivity contribution < 1.29 is 178 Å². The smallest absolute Gasteiger partial charge is 0.315 e. The number of hydrogen-bond donors (Lipinski definition) is 21. The van der Waals surface area contributed by atoms with Crippen LogP contribution in [-0.4, -0.2) is 368 Å². The summed E-state index contributed by atoms with van der Waals surface area (Å²) in [6, 6.07) is 0. The summed E-state index contributed by atoms with van der Waals surface area (Å²) in [5.41, 5.74) is -6.80. The van der Waals surface area contributed by atoms with E-state index in [0.717, 1.165) is 5.57 Å². The second-order valence-corrected chi connectivity index (χ2v) is 33.7. The molecule has 0 aromatic rings. The quantitative estimate of drug-likeness (QED) is 0.0448. The first-order valence-electron chi connectivity index (χ1n) is 36.6. The highest BCUT2D eigenvalue weighted by Gasteiger charge is 2.74. The normalized spacial score (nSPS) is 55.8. The molecule has 0 aromatic heterocycles. The van der Waals surface area contributed by atoms with Gasteiger partial charge in [0.2, 0.25) is 6.29 Å². The van der Waals surface area contributed by atoms with Gasteiger partial charge < -0.3 is 174 Å². The van der Waals surface area contributed by atoms with Crippen LogP contribution in [0.4, 0.5) is 0 Å². The topological polar surface area (TPSA) is 571 Å². The van der Waals surface area contributed by atoms with Crippen molar-refractivity contribution in [2.24, 2.45) is 50.2 Å². The Kier molecular flexibility index (Phi) is 24.0. The van der Waals surface area contributed by atoms with Gasteiger partial charge in [-0.15, -0.1) is 0 Å². The van der Waals surface area contributed by atoms with Crippen LogP contribution in [0.1, 0.15) is 107 Å². The predicted molar refractivity (Wildman–Crippen MR) is 344 cm³/mol. The maximum absolute atomic E-state index is 15.7. The molecule has 21 N–H and O–H groups in total. The predicted octanol–water partition coefficient (Wildman–Crippen LogP) is -7.67. The fourth-order valence-corrected chi connectivity index (χ4v) is 20.2. The third kappa shape index (κ3) is 14.2. The number of fused-ring (bicyclic) bond motifs is 7. The van der Waals surface area contributed by atoms with Crippen molar-refractivity contribution in [1.82, 2.24) is 0 Å². The third-order valence-corrected chi connectivity index (χ3v) is 26.6. The van der Waals surface area contributed by atoms with Gasteiger partial charge in [0, 0.05) is 11.3 Å². The van der Waals surface area contributed by atoms with Crippen LogP contribution in [0.3, 0.4) is 0 Å². The van der Waals surface area contributed by atoms with Crippen LogP contribution in [0.15, 0.2) is 11.6 Å². The molecule has 0 aromatic carbocycles. The SMILES string of the molecule is C[C@@H]1O[C@@H](O[C@H]2[C@H](O)[C@@H](O[C@@H]3OC[C@@H](O)[C@H](O)[C@H]3O)[C@H](O[C@@H]3[C@@H](O)[C@H](C)O[C@@H](O[C@H]4[C@H](OC(=O)[C@]56CCC(C)(C)C[C@@H]5C5=CC[C@@H]7[C@@]8(C)C[C@H](O)[C@H](O)[C@@](C)(CO[C@@H]9O[C@H](CO)[C@@H](O)[C@H](O)[C@H]9O[C@@H]9OC[C@](O)(CO)[C@H]9O)[C@@H]8[C@H](O)C[C@@]7(C)[C@]5(C)CC6)OC[C@H](O)[C@@H]4O)[C@@H]3O)O[C@@H]2CO)[C@H](O)[C@H](O)[C@H]1O. The monoisotopic (exact) mass is 1520 g/mol. The van der Waals surface area contributed by atoms with Crippen LogP contribution in [0.5, 0.6) is 0 Å². The number of carbonyl (C=O) groups is 1. The van der Waals surface area contributed by atoms with Crippen LogP contribution in [-0.2, 0) is 71.1 Å². The van der Waals surface area contributed by atoms with Gasteiger partial charge in [0.25, 0.3) is 0 Å². The fraction of sp³-hybridized carbons (Fsp3) is 0.957. The first-order valence-corrected chi connectivity index (χ1v) is 36.6. The molecule has 0 amide bonds. The number of allylic oxidation sites excluding steroid dienone is 2. The molecule has 105 heavy (non-hydrogen) atoms. The number of ether oxygens (including phenoxy) is 14. The van der Waals surface area contributed by atoms with Crippen molar-refractivity contribution >= 4 is 5.97 Å². The molecule has 604 valence electrons. The molecule has 7 saturated heterocycles. The van der Waals surface area contributed by atoms with Gasteiger partial charge in [0.05, 0.1) is 82.2 Å². The van der Waals surface area contributed by atoms with Crippen molar-refractivity contribution in [3.05, 3.63) is 11.6 Å². The minimum atomic E-state index is -2.14.